The van der Waals surface area contributed by atoms with Gasteiger partial charge >= 0.3 is 6.03 Å². The minimum absolute atomic E-state index is 0.0142. The van der Waals surface area contributed by atoms with E-state index in [9.17, 15) is 4.79 Å². The molecule has 1 saturated heterocycles. The summed E-state index contributed by atoms with van der Waals surface area (Å²) in [4.78, 5) is 22.9. The minimum Gasteiger partial charge on any atom is -0.301 e. The molecular formula is C27H42N4O. The van der Waals surface area contributed by atoms with E-state index < -0.39 is 0 Å². The Morgan fingerprint density at radius 3 is 2.38 bits per heavy atom. The van der Waals surface area contributed by atoms with Crippen molar-refractivity contribution in [3.8, 4) is 0 Å². The molecule has 0 radical (unpaired) electrons. The Bertz CT molecular complexity index is 756. The van der Waals surface area contributed by atoms with Crippen LogP contribution in [0.2, 0.25) is 0 Å². The highest BCUT2D eigenvalue weighted by Crippen LogP contribution is 2.22. The topological polar surface area (TPSA) is 47.9 Å². The van der Waals surface area contributed by atoms with Crippen LogP contribution in [0.3, 0.4) is 0 Å². The van der Waals surface area contributed by atoms with Crippen molar-refractivity contribution >= 4 is 17.6 Å². The van der Waals surface area contributed by atoms with E-state index >= 15 is 0 Å². The average Bonchev–Trinajstić information content (AvgIpc) is 2.87. The van der Waals surface area contributed by atoms with Crippen LogP contribution in [0.25, 0.3) is 0 Å². The normalized spacial score (nSPS) is 26.2. The highest BCUT2D eigenvalue weighted by molar-refractivity contribution is 6.04. The Labute approximate surface area is 194 Å². The maximum absolute atomic E-state index is 13.4. The van der Waals surface area contributed by atoms with Gasteiger partial charge in [0.05, 0.1) is 6.04 Å². The van der Waals surface area contributed by atoms with Crippen molar-refractivity contribution in [3.05, 3.63) is 29.8 Å². The number of hydrogen-bond donors (Lipinski definition) is 1. The number of hydrogen-bond acceptors (Lipinski definition) is 3. The van der Waals surface area contributed by atoms with Crippen LogP contribution in [0.1, 0.15) is 89.0 Å². The van der Waals surface area contributed by atoms with Gasteiger partial charge in [-0.3, -0.25) is 15.2 Å². The highest BCUT2D eigenvalue weighted by Gasteiger charge is 2.23. The molecule has 3 aliphatic rings. The van der Waals surface area contributed by atoms with E-state index in [1.807, 2.05) is 4.90 Å². The molecule has 176 valence electrons. The molecule has 1 aromatic rings. The number of rotatable bonds is 1. The van der Waals surface area contributed by atoms with Gasteiger partial charge in [0, 0.05) is 31.7 Å². The van der Waals surface area contributed by atoms with Gasteiger partial charge in [0.1, 0.15) is 5.84 Å². The van der Waals surface area contributed by atoms with Gasteiger partial charge in [-0.15, -0.1) is 0 Å². The third-order valence-corrected chi connectivity index (χ3v) is 7.38. The van der Waals surface area contributed by atoms with Crippen molar-refractivity contribution in [2.75, 3.05) is 31.1 Å². The van der Waals surface area contributed by atoms with Crippen molar-refractivity contribution in [3.63, 3.8) is 0 Å². The van der Waals surface area contributed by atoms with Crippen LogP contribution in [0.4, 0.5) is 10.5 Å². The molecule has 1 N–H and O–H groups in total. The summed E-state index contributed by atoms with van der Waals surface area (Å²) < 4.78 is 0. The maximum atomic E-state index is 13.4. The van der Waals surface area contributed by atoms with Crippen LogP contribution in [0, 0.1) is 0 Å². The molecule has 5 heteroatoms. The summed E-state index contributed by atoms with van der Waals surface area (Å²) in [5.41, 5.74) is 2.36. The molecular weight excluding hydrogens is 396 g/mol. The van der Waals surface area contributed by atoms with Crippen LogP contribution in [-0.4, -0.2) is 49.0 Å². The number of urea groups is 1. The SMILES string of the molecule is O=C1NC(=NC2CCCCC2)CCN2CCCCCCCCCc3cccc(c3)N1CC2. The van der Waals surface area contributed by atoms with E-state index in [1.165, 1.54) is 69.8 Å². The summed E-state index contributed by atoms with van der Waals surface area (Å²) in [6.07, 6.45) is 17.3. The first-order chi connectivity index (χ1) is 15.8. The third kappa shape index (κ3) is 7.06. The van der Waals surface area contributed by atoms with E-state index in [4.69, 9.17) is 4.99 Å². The van der Waals surface area contributed by atoms with Gasteiger partial charge in [-0.2, -0.15) is 0 Å². The van der Waals surface area contributed by atoms with Crippen molar-refractivity contribution < 1.29 is 4.79 Å². The molecule has 2 aliphatic heterocycles. The monoisotopic (exact) mass is 438 g/mol. The van der Waals surface area contributed by atoms with Crippen LogP contribution in [-0.2, 0) is 6.42 Å². The second-order valence-electron chi connectivity index (χ2n) is 9.94. The Hall–Kier alpha value is -1.88. The number of aliphatic imine (C=N–C) groups is 1. The standard InChI is InChI=1S/C27H42N4O/c32-27-29-26(28-24-14-8-6-9-15-24)17-19-30-18-10-5-3-1-2-4-7-12-23-13-11-16-25(22-23)31(27)21-20-30/h11,13,16,22,24H,1-10,12,14-15,17-21H2,(H,28,29,32). The summed E-state index contributed by atoms with van der Waals surface area (Å²) in [6, 6.07) is 9.01. The van der Waals surface area contributed by atoms with Crippen LogP contribution < -0.4 is 10.2 Å². The molecule has 4 bridgehead atoms. The van der Waals surface area contributed by atoms with Gasteiger partial charge in [-0.05, 0) is 56.3 Å². The lowest BCUT2D eigenvalue weighted by atomic mass is 9.96. The summed E-state index contributed by atoms with van der Waals surface area (Å²) >= 11 is 0. The Morgan fingerprint density at radius 2 is 1.53 bits per heavy atom. The minimum atomic E-state index is -0.0142. The fraction of sp³-hybridized carbons (Fsp3) is 0.704. The van der Waals surface area contributed by atoms with Gasteiger partial charge in [-0.25, -0.2) is 4.79 Å². The number of amides is 2. The van der Waals surface area contributed by atoms with E-state index in [0.717, 1.165) is 63.4 Å². The van der Waals surface area contributed by atoms with E-state index in [0.29, 0.717) is 6.04 Å². The fourth-order valence-corrected chi connectivity index (χ4v) is 5.40. The first-order valence-electron chi connectivity index (χ1n) is 13.2. The van der Waals surface area contributed by atoms with E-state index in [1.54, 1.807) is 0 Å². The zero-order valence-corrected chi connectivity index (χ0v) is 19.9. The Morgan fingerprint density at radius 1 is 0.781 bits per heavy atom. The quantitative estimate of drug-likeness (QED) is 0.591. The largest absolute Gasteiger partial charge is 0.327 e. The van der Waals surface area contributed by atoms with Crippen molar-refractivity contribution in [2.24, 2.45) is 4.99 Å². The summed E-state index contributed by atoms with van der Waals surface area (Å²) in [5.74, 6) is 0.896. The molecule has 5 nitrogen and oxygen atoms in total. The molecule has 0 aromatic heterocycles. The van der Waals surface area contributed by atoms with Gasteiger partial charge in [0.15, 0.2) is 0 Å². The number of nitrogens with one attached hydrogen (secondary N) is 1. The smallest absolute Gasteiger partial charge is 0.301 e. The maximum Gasteiger partial charge on any atom is 0.327 e. The number of carbonyl (C=O) groups excluding carboxylic acids is 1. The summed E-state index contributed by atoms with van der Waals surface area (Å²) in [7, 11) is 0. The first-order valence-corrected chi connectivity index (χ1v) is 13.2. The fourth-order valence-electron chi connectivity index (χ4n) is 5.40. The van der Waals surface area contributed by atoms with Crippen LogP contribution in [0.5, 0.6) is 0 Å². The number of fused-ring (bicyclic) bond motifs is 6. The highest BCUT2D eigenvalue weighted by atomic mass is 16.2. The first kappa shape index (κ1) is 23.3. The molecule has 1 aliphatic carbocycles. The molecule has 2 amide bonds. The zero-order chi connectivity index (χ0) is 22.0. The number of carbonyl (C=O) groups is 1. The van der Waals surface area contributed by atoms with Crippen molar-refractivity contribution in [2.45, 2.75) is 95.9 Å². The van der Waals surface area contributed by atoms with E-state index in [-0.39, 0.29) is 6.03 Å². The number of amidine groups is 1. The Balaban J connectivity index is 1.57. The molecule has 1 aromatic carbocycles. The lowest BCUT2D eigenvalue weighted by Crippen LogP contribution is -2.44. The van der Waals surface area contributed by atoms with E-state index in [2.05, 4.69) is 34.5 Å². The average molecular weight is 439 g/mol. The van der Waals surface area contributed by atoms with Gasteiger partial charge in [-0.1, -0.05) is 63.5 Å². The molecule has 1 unspecified atom stereocenters. The lowest BCUT2D eigenvalue weighted by Gasteiger charge is -2.26. The lowest BCUT2D eigenvalue weighted by molar-refractivity contribution is 0.248. The van der Waals surface area contributed by atoms with Gasteiger partial charge < -0.3 is 4.90 Å². The second kappa shape index (κ2) is 12.4. The molecule has 2 heterocycles. The van der Waals surface area contributed by atoms with Crippen LogP contribution in [0.15, 0.2) is 29.3 Å². The summed E-state index contributed by atoms with van der Waals surface area (Å²) in [5, 5.41) is 3.23. The molecule has 0 spiro atoms. The molecule has 32 heavy (non-hydrogen) atoms. The van der Waals surface area contributed by atoms with Gasteiger partial charge in [0.25, 0.3) is 0 Å². The Kier molecular flexibility index (Phi) is 9.01. The molecule has 1 saturated carbocycles. The number of aryl methyl sites for hydroxylation is 1. The molecule has 2 fully saturated rings. The molecule has 1 atom stereocenters. The predicted octanol–water partition coefficient (Wildman–Crippen LogP) is 5.93. The van der Waals surface area contributed by atoms with Crippen molar-refractivity contribution in [1.29, 1.82) is 0 Å². The van der Waals surface area contributed by atoms with Crippen LogP contribution >= 0.6 is 0 Å². The predicted molar refractivity (Wildman–Crippen MR) is 134 cm³/mol. The number of benzene rings is 1. The summed E-state index contributed by atoms with van der Waals surface area (Å²) in [6.45, 7) is 3.76. The number of anilines is 1. The third-order valence-electron chi connectivity index (χ3n) is 7.38. The number of nitrogens with zero attached hydrogens (tertiary/aromatic N) is 3. The van der Waals surface area contributed by atoms with Gasteiger partial charge in [0.2, 0.25) is 0 Å². The second-order valence-corrected chi connectivity index (χ2v) is 9.94. The molecule has 4 rings (SSSR count). The zero-order valence-electron chi connectivity index (χ0n) is 19.9. The van der Waals surface area contributed by atoms with Crippen molar-refractivity contribution in [1.82, 2.24) is 10.2 Å².